The Morgan fingerprint density at radius 1 is 1.12 bits per heavy atom. The summed E-state index contributed by atoms with van der Waals surface area (Å²) in [4.78, 5) is 27.4. The fourth-order valence-corrected chi connectivity index (χ4v) is 4.96. The van der Waals surface area contributed by atoms with Crippen molar-refractivity contribution < 1.29 is 9.18 Å². The predicted molar refractivity (Wildman–Crippen MR) is 123 cm³/mol. The van der Waals surface area contributed by atoms with Gasteiger partial charge >= 0.3 is 0 Å². The average Bonchev–Trinajstić information content (AvgIpc) is 3.27. The summed E-state index contributed by atoms with van der Waals surface area (Å²) in [5.41, 5.74) is 3.80. The van der Waals surface area contributed by atoms with Crippen molar-refractivity contribution in [2.24, 2.45) is 7.05 Å². The third-order valence-corrected chi connectivity index (χ3v) is 6.66. The second kappa shape index (κ2) is 8.92. The number of hydrogen-bond donors (Lipinski definition) is 0. The fourth-order valence-electron chi connectivity index (χ4n) is 4.96. The molecule has 1 atom stereocenters. The second-order valence-corrected chi connectivity index (χ2v) is 9.03. The molecule has 4 heterocycles. The molecule has 0 N–H and O–H groups in total. The lowest BCUT2D eigenvalue weighted by Crippen LogP contribution is -2.40. The van der Waals surface area contributed by atoms with Crippen molar-refractivity contribution in [3.8, 4) is 0 Å². The fraction of sp³-hybridized carbons (Fsp3) is 0.440. The Labute approximate surface area is 193 Å². The number of aryl methyl sites for hydroxylation is 2. The Bertz CT molecular complexity index is 1160. The van der Waals surface area contributed by atoms with Crippen molar-refractivity contribution in [2.75, 3.05) is 18.0 Å². The van der Waals surface area contributed by atoms with Crippen LogP contribution in [0.15, 0.2) is 36.7 Å². The standard InChI is InChI=1S/C25H29FN6O/c1-17-21-6-5-12-31(15-18-8-10-20(26)11-9-18)24(21)29-23(28-17)22-7-3-4-13-32(22)25(33)19-14-27-30(2)16-19/h8-11,14,16,22H,3-7,12-13,15H2,1-2H3. The number of nitrogens with zero attached hydrogens (tertiary/aromatic N) is 6. The van der Waals surface area contributed by atoms with Gasteiger partial charge < -0.3 is 9.80 Å². The molecule has 172 valence electrons. The highest BCUT2D eigenvalue weighted by atomic mass is 19.1. The molecular weight excluding hydrogens is 419 g/mol. The Morgan fingerprint density at radius 3 is 2.70 bits per heavy atom. The van der Waals surface area contributed by atoms with Gasteiger partial charge in [0.15, 0.2) is 5.82 Å². The van der Waals surface area contributed by atoms with Gasteiger partial charge in [0.1, 0.15) is 11.6 Å². The van der Waals surface area contributed by atoms with Crippen LogP contribution in [-0.2, 0) is 20.0 Å². The largest absolute Gasteiger partial charge is 0.352 e. The molecule has 8 heteroatoms. The Balaban J connectivity index is 1.47. The van der Waals surface area contributed by atoms with Gasteiger partial charge in [-0.2, -0.15) is 5.10 Å². The number of hydrogen-bond acceptors (Lipinski definition) is 5. The van der Waals surface area contributed by atoms with Gasteiger partial charge in [-0.25, -0.2) is 14.4 Å². The van der Waals surface area contributed by atoms with E-state index in [9.17, 15) is 9.18 Å². The van der Waals surface area contributed by atoms with Crippen LogP contribution in [0.1, 0.15) is 64.7 Å². The minimum Gasteiger partial charge on any atom is -0.352 e. The van der Waals surface area contributed by atoms with E-state index in [0.29, 0.717) is 24.5 Å². The van der Waals surface area contributed by atoms with Crippen molar-refractivity contribution in [1.29, 1.82) is 0 Å². The molecule has 2 aliphatic heterocycles. The number of aromatic nitrogens is 4. The summed E-state index contributed by atoms with van der Waals surface area (Å²) < 4.78 is 15.0. The van der Waals surface area contributed by atoms with E-state index in [1.807, 2.05) is 31.0 Å². The molecule has 0 saturated carbocycles. The van der Waals surface area contributed by atoms with E-state index in [-0.39, 0.29) is 17.8 Å². The van der Waals surface area contributed by atoms with Gasteiger partial charge in [-0.1, -0.05) is 12.1 Å². The number of likely N-dealkylation sites (tertiary alicyclic amines) is 1. The van der Waals surface area contributed by atoms with Crippen LogP contribution in [0.25, 0.3) is 0 Å². The lowest BCUT2D eigenvalue weighted by atomic mass is 9.98. The molecule has 1 fully saturated rings. The zero-order chi connectivity index (χ0) is 22.9. The Kier molecular flexibility index (Phi) is 5.83. The number of anilines is 1. The van der Waals surface area contributed by atoms with Crippen molar-refractivity contribution in [1.82, 2.24) is 24.6 Å². The number of fused-ring (bicyclic) bond motifs is 1. The lowest BCUT2D eigenvalue weighted by Gasteiger charge is -2.36. The number of benzene rings is 1. The molecule has 33 heavy (non-hydrogen) atoms. The van der Waals surface area contributed by atoms with E-state index in [1.165, 1.54) is 17.7 Å². The van der Waals surface area contributed by atoms with Crippen LogP contribution in [0.5, 0.6) is 0 Å². The van der Waals surface area contributed by atoms with Gasteiger partial charge in [-0.15, -0.1) is 0 Å². The van der Waals surface area contributed by atoms with Crippen LogP contribution >= 0.6 is 0 Å². The van der Waals surface area contributed by atoms with Crippen LogP contribution in [-0.4, -0.2) is 43.6 Å². The number of carbonyl (C=O) groups excluding carboxylic acids is 1. The van der Waals surface area contributed by atoms with Crippen molar-refractivity contribution in [3.63, 3.8) is 0 Å². The van der Waals surface area contributed by atoms with Gasteiger partial charge in [0, 0.05) is 44.1 Å². The monoisotopic (exact) mass is 448 g/mol. The lowest BCUT2D eigenvalue weighted by molar-refractivity contribution is 0.0599. The topological polar surface area (TPSA) is 67.2 Å². The zero-order valence-electron chi connectivity index (χ0n) is 19.2. The molecule has 3 aromatic rings. The number of halogens is 1. The van der Waals surface area contributed by atoms with Crippen LogP contribution in [0, 0.1) is 12.7 Å². The molecule has 2 aliphatic rings. The minimum atomic E-state index is -0.228. The van der Waals surface area contributed by atoms with Crippen LogP contribution < -0.4 is 4.90 Å². The van der Waals surface area contributed by atoms with E-state index < -0.39 is 0 Å². The third kappa shape index (κ3) is 4.34. The molecule has 0 aliphatic carbocycles. The summed E-state index contributed by atoms with van der Waals surface area (Å²) in [5.74, 6) is 1.42. The van der Waals surface area contributed by atoms with Crippen LogP contribution in [0.3, 0.4) is 0 Å². The first kappa shape index (κ1) is 21.6. The van der Waals surface area contributed by atoms with Crippen molar-refractivity contribution >= 4 is 11.7 Å². The Morgan fingerprint density at radius 2 is 1.94 bits per heavy atom. The maximum atomic E-state index is 13.4. The average molecular weight is 449 g/mol. The van der Waals surface area contributed by atoms with Crippen molar-refractivity contribution in [2.45, 2.75) is 51.6 Å². The summed E-state index contributed by atoms with van der Waals surface area (Å²) in [6, 6.07) is 6.51. The van der Waals surface area contributed by atoms with Crippen LogP contribution in [0.4, 0.5) is 10.2 Å². The summed E-state index contributed by atoms with van der Waals surface area (Å²) in [6.45, 7) is 4.30. The number of piperidine rings is 1. The van der Waals surface area contributed by atoms with E-state index >= 15 is 0 Å². The molecule has 1 aromatic carbocycles. The second-order valence-electron chi connectivity index (χ2n) is 9.03. The maximum Gasteiger partial charge on any atom is 0.257 e. The third-order valence-electron chi connectivity index (χ3n) is 6.66. The summed E-state index contributed by atoms with van der Waals surface area (Å²) in [6.07, 6.45) is 8.23. The molecule has 5 rings (SSSR count). The molecule has 2 aromatic heterocycles. The highest BCUT2D eigenvalue weighted by Gasteiger charge is 2.33. The summed E-state index contributed by atoms with van der Waals surface area (Å²) >= 11 is 0. The quantitative estimate of drug-likeness (QED) is 0.604. The van der Waals surface area contributed by atoms with Gasteiger partial charge in [0.2, 0.25) is 0 Å². The van der Waals surface area contributed by atoms with E-state index in [4.69, 9.17) is 9.97 Å². The van der Waals surface area contributed by atoms with Crippen molar-refractivity contribution in [3.05, 3.63) is 70.7 Å². The zero-order valence-corrected chi connectivity index (χ0v) is 19.2. The molecule has 1 saturated heterocycles. The maximum absolute atomic E-state index is 13.4. The highest BCUT2D eigenvalue weighted by Crippen LogP contribution is 2.34. The SMILES string of the molecule is Cc1nc(C2CCCCN2C(=O)c2cnn(C)c2)nc2c1CCCN2Cc1ccc(F)cc1. The summed E-state index contributed by atoms with van der Waals surface area (Å²) in [7, 11) is 1.82. The molecule has 7 nitrogen and oxygen atoms in total. The molecule has 0 bridgehead atoms. The Hall–Kier alpha value is -3.29. The first-order valence-corrected chi connectivity index (χ1v) is 11.7. The molecule has 0 radical (unpaired) electrons. The predicted octanol–water partition coefficient (Wildman–Crippen LogP) is 3.98. The van der Waals surface area contributed by atoms with Gasteiger partial charge in [0.25, 0.3) is 5.91 Å². The number of rotatable bonds is 4. The normalized spacial score (nSPS) is 18.3. The van der Waals surface area contributed by atoms with Crippen LogP contribution in [0.2, 0.25) is 0 Å². The molecule has 1 unspecified atom stereocenters. The van der Waals surface area contributed by atoms with Gasteiger partial charge in [-0.3, -0.25) is 9.48 Å². The smallest absolute Gasteiger partial charge is 0.257 e. The first-order chi connectivity index (χ1) is 16.0. The first-order valence-electron chi connectivity index (χ1n) is 11.7. The highest BCUT2D eigenvalue weighted by molar-refractivity contribution is 5.94. The molecular formula is C25H29FN6O. The van der Waals surface area contributed by atoms with Gasteiger partial charge in [-0.05, 0) is 56.7 Å². The van der Waals surface area contributed by atoms with Gasteiger partial charge in [0.05, 0.1) is 17.8 Å². The molecule has 0 spiro atoms. The summed E-state index contributed by atoms with van der Waals surface area (Å²) in [5, 5.41) is 4.17. The van der Waals surface area contributed by atoms with E-state index in [1.54, 1.807) is 17.1 Å². The number of amides is 1. The minimum absolute atomic E-state index is 0.0186. The van der Waals surface area contributed by atoms with E-state index in [0.717, 1.165) is 55.7 Å². The van der Waals surface area contributed by atoms with E-state index in [2.05, 4.69) is 10.00 Å². The number of carbonyl (C=O) groups is 1. The molecule has 1 amide bonds.